The summed E-state index contributed by atoms with van der Waals surface area (Å²) in [4.78, 5) is 12.9. The predicted octanol–water partition coefficient (Wildman–Crippen LogP) is 6.14. The Morgan fingerprint density at radius 1 is 0.771 bits per heavy atom. The van der Waals surface area contributed by atoms with Crippen LogP contribution in [0.5, 0.6) is 11.5 Å². The molecule has 0 aliphatic rings. The van der Waals surface area contributed by atoms with Gasteiger partial charge in [-0.3, -0.25) is 5.43 Å². The Labute approximate surface area is 208 Å². The van der Waals surface area contributed by atoms with Gasteiger partial charge in [0, 0.05) is 5.02 Å². The van der Waals surface area contributed by atoms with Gasteiger partial charge in [-0.15, -0.1) is 4.41 Å². The van der Waals surface area contributed by atoms with Crippen LogP contribution in [0.2, 0.25) is 5.02 Å². The molecule has 0 saturated carbocycles. The smallest absolute Gasteiger partial charge is 0.449 e. The number of nitrogens with one attached hydrogen (secondary N) is 1. The molecule has 7 nitrogen and oxygen atoms in total. The molecule has 0 aliphatic carbocycles. The van der Waals surface area contributed by atoms with E-state index in [1.807, 2.05) is 30.3 Å². The van der Waals surface area contributed by atoms with Crippen molar-refractivity contribution in [3.05, 3.63) is 120 Å². The molecule has 0 aliphatic heterocycles. The fourth-order valence-corrected chi connectivity index (χ4v) is 4.31. The number of nitrogens with zero attached hydrogens (tertiary/aromatic N) is 1. The van der Waals surface area contributed by atoms with E-state index in [1.165, 1.54) is 36.4 Å². The second-order valence-electron chi connectivity index (χ2n) is 7.31. The highest BCUT2D eigenvalue weighted by molar-refractivity contribution is 7.89. The summed E-state index contributed by atoms with van der Waals surface area (Å²) in [6.45, 7) is 0.383. The molecule has 0 heterocycles. The monoisotopic (exact) mass is 508 g/mol. The van der Waals surface area contributed by atoms with Crippen molar-refractivity contribution in [1.82, 2.24) is 4.41 Å². The summed E-state index contributed by atoms with van der Waals surface area (Å²) in [6.07, 6.45) is -1.14. The first-order valence-corrected chi connectivity index (χ1v) is 12.3. The van der Waals surface area contributed by atoms with Crippen LogP contribution in [0.1, 0.15) is 5.56 Å². The van der Waals surface area contributed by atoms with Crippen molar-refractivity contribution in [2.75, 3.05) is 5.43 Å². The van der Waals surface area contributed by atoms with Crippen LogP contribution in [0.4, 0.5) is 10.5 Å². The summed E-state index contributed by atoms with van der Waals surface area (Å²) in [7, 11) is -4.32. The van der Waals surface area contributed by atoms with E-state index in [2.05, 4.69) is 5.43 Å². The first-order chi connectivity index (χ1) is 16.9. The molecule has 35 heavy (non-hydrogen) atoms. The molecule has 1 amide bonds. The van der Waals surface area contributed by atoms with Crippen molar-refractivity contribution in [2.24, 2.45) is 0 Å². The molecular weight excluding hydrogens is 488 g/mol. The van der Waals surface area contributed by atoms with Crippen molar-refractivity contribution in [3.8, 4) is 11.5 Å². The number of carbonyl (C=O) groups excluding carboxylic acids is 1. The Bertz CT molecular complexity index is 1370. The fraction of sp³-hybridized carbons (Fsp3) is 0.0385. The Morgan fingerprint density at radius 2 is 1.34 bits per heavy atom. The topological polar surface area (TPSA) is 84.9 Å². The molecular formula is C26H21ClN2O5S. The third-order valence-electron chi connectivity index (χ3n) is 4.80. The molecule has 4 aromatic rings. The number of benzene rings is 4. The molecule has 4 aromatic carbocycles. The standard InChI is InChI=1S/C26H21ClN2O5S/c27-21-11-17-25(18-12-21)35(31,32)29(28-22-9-5-2-6-10-22)26(30)34-24-15-13-23(14-16-24)33-19-20-7-3-1-4-8-20/h1-18,28H,19H2. The van der Waals surface area contributed by atoms with Gasteiger partial charge in [0.25, 0.3) is 10.0 Å². The SMILES string of the molecule is O=C(Oc1ccc(OCc2ccccc2)cc1)N(Nc1ccccc1)S(=O)(=O)c1ccc(Cl)cc1. The highest BCUT2D eigenvalue weighted by Crippen LogP contribution is 2.23. The minimum Gasteiger partial charge on any atom is -0.489 e. The van der Waals surface area contributed by atoms with Crippen molar-refractivity contribution < 1.29 is 22.7 Å². The second-order valence-corrected chi connectivity index (χ2v) is 9.54. The van der Waals surface area contributed by atoms with Crippen molar-refractivity contribution in [3.63, 3.8) is 0 Å². The summed E-state index contributed by atoms with van der Waals surface area (Å²) in [5, 5.41) is 0.365. The van der Waals surface area contributed by atoms with E-state index in [9.17, 15) is 13.2 Å². The van der Waals surface area contributed by atoms with Gasteiger partial charge in [-0.1, -0.05) is 60.1 Å². The number of hydrazine groups is 1. The summed E-state index contributed by atoms with van der Waals surface area (Å²) in [5.41, 5.74) is 4.01. The van der Waals surface area contributed by atoms with Gasteiger partial charge in [-0.25, -0.2) is 4.79 Å². The van der Waals surface area contributed by atoms with Crippen LogP contribution < -0.4 is 14.9 Å². The maximum absolute atomic E-state index is 13.3. The quantitative estimate of drug-likeness (QED) is 0.288. The minimum atomic E-state index is -4.32. The van der Waals surface area contributed by atoms with Gasteiger partial charge in [0.1, 0.15) is 18.1 Å². The maximum Gasteiger partial charge on any atom is 0.449 e. The first kappa shape index (κ1) is 24.1. The van der Waals surface area contributed by atoms with E-state index >= 15 is 0 Å². The number of anilines is 1. The molecule has 178 valence electrons. The van der Waals surface area contributed by atoms with Gasteiger partial charge >= 0.3 is 6.09 Å². The second kappa shape index (κ2) is 10.9. The molecule has 0 fully saturated rings. The summed E-state index contributed by atoms with van der Waals surface area (Å²) in [6, 6.07) is 29.9. The number of para-hydroxylation sites is 1. The highest BCUT2D eigenvalue weighted by Gasteiger charge is 2.32. The van der Waals surface area contributed by atoms with E-state index in [0.29, 0.717) is 27.5 Å². The van der Waals surface area contributed by atoms with E-state index in [0.717, 1.165) is 5.56 Å². The maximum atomic E-state index is 13.3. The van der Waals surface area contributed by atoms with E-state index in [1.54, 1.807) is 42.5 Å². The van der Waals surface area contributed by atoms with Crippen LogP contribution in [-0.4, -0.2) is 18.9 Å². The zero-order chi connectivity index (χ0) is 24.7. The lowest BCUT2D eigenvalue weighted by atomic mass is 10.2. The van der Waals surface area contributed by atoms with Crippen LogP contribution >= 0.6 is 11.6 Å². The average Bonchev–Trinajstić information content (AvgIpc) is 2.88. The fourth-order valence-electron chi connectivity index (χ4n) is 3.03. The first-order valence-electron chi connectivity index (χ1n) is 10.5. The van der Waals surface area contributed by atoms with E-state index in [-0.39, 0.29) is 10.6 Å². The van der Waals surface area contributed by atoms with Gasteiger partial charge in [0.15, 0.2) is 0 Å². The molecule has 4 rings (SSSR count). The number of hydrogen-bond acceptors (Lipinski definition) is 6. The largest absolute Gasteiger partial charge is 0.489 e. The number of halogens is 1. The Hall–Kier alpha value is -4.01. The van der Waals surface area contributed by atoms with Gasteiger partial charge in [0.2, 0.25) is 0 Å². The van der Waals surface area contributed by atoms with Gasteiger partial charge < -0.3 is 9.47 Å². The Balaban J connectivity index is 1.51. The lowest BCUT2D eigenvalue weighted by molar-refractivity contribution is 0.184. The molecule has 0 unspecified atom stereocenters. The van der Waals surface area contributed by atoms with Gasteiger partial charge in [0.05, 0.1) is 10.6 Å². The van der Waals surface area contributed by atoms with E-state index < -0.39 is 16.1 Å². The number of amides is 1. The number of rotatable bonds is 8. The molecule has 1 N–H and O–H groups in total. The van der Waals surface area contributed by atoms with Crippen molar-refractivity contribution in [1.29, 1.82) is 0 Å². The van der Waals surface area contributed by atoms with Crippen LogP contribution in [0.25, 0.3) is 0 Å². The van der Waals surface area contributed by atoms with Crippen molar-refractivity contribution in [2.45, 2.75) is 11.5 Å². The molecule has 0 saturated heterocycles. The molecule has 0 aromatic heterocycles. The van der Waals surface area contributed by atoms with E-state index in [4.69, 9.17) is 21.1 Å². The Kier molecular flexibility index (Phi) is 7.54. The highest BCUT2D eigenvalue weighted by atomic mass is 35.5. The third kappa shape index (κ3) is 6.32. The number of hydrogen-bond donors (Lipinski definition) is 1. The Morgan fingerprint density at radius 3 is 1.97 bits per heavy atom. The molecule has 0 atom stereocenters. The summed E-state index contributed by atoms with van der Waals surface area (Å²) in [5.74, 6) is 0.718. The lowest BCUT2D eigenvalue weighted by Gasteiger charge is -2.23. The molecule has 9 heteroatoms. The van der Waals surface area contributed by atoms with Crippen LogP contribution in [0.3, 0.4) is 0 Å². The molecule has 0 radical (unpaired) electrons. The zero-order valence-electron chi connectivity index (χ0n) is 18.4. The van der Waals surface area contributed by atoms with Crippen LogP contribution in [0, 0.1) is 0 Å². The minimum absolute atomic E-state index is 0.132. The van der Waals surface area contributed by atoms with Crippen LogP contribution in [-0.2, 0) is 16.6 Å². The number of ether oxygens (including phenoxy) is 2. The molecule has 0 bridgehead atoms. The van der Waals surface area contributed by atoms with Gasteiger partial charge in [-0.05, 0) is 66.2 Å². The van der Waals surface area contributed by atoms with Crippen molar-refractivity contribution >= 4 is 33.4 Å². The molecule has 0 spiro atoms. The average molecular weight is 509 g/mol. The normalized spacial score (nSPS) is 10.9. The summed E-state index contributed by atoms with van der Waals surface area (Å²) >= 11 is 5.89. The lowest BCUT2D eigenvalue weighted by Crippen LogP contribution is -2.43. The number of sulfonamides is 1. The predicted molar refractivity (Wildman–Crippen MR) is 134 cm³/mol. The summed E-state index contributed by atoms with van der Waals surface area (Å²) < 4.78 is 38.0. The zero-order valence-corrected chi connectivity index (χ0v) is 19.9. The third-order valence-corrected chi connectivity index (χ3v) is 6.64. The van der Waals surface area contributed by atoms with Gasteiger partial charge in [-0.2, -0.15) is 8.42 Å². The van der Waals surface area contributed by atoms with Crippen LogP contribution in [0.15, 0.2) is 114 Å². The number of carbonyl (C=O) groups is 1.